The molecule has 1 aromatic heterocycles. The highest BCUT2D eigenvalue weighted by Crippen LogP contribution is 2.66. The molecule has 5 rings (SSSR count). The average molecular weight is 518 g/mol. The maximum Gasteiger partial charge on any atom is 0.306 e. The van der Waals surface area contributed by atoms with Crippen LogP contribution in [0.25, 0.3) is 5.57 Å². The molecule has 0 aromatic carbocycles. The minimum absolute atomic E-state index is 0.0325. The average Bonchev–Trinajstić information content (AvgIpc) is 3.25. The first-order valence-electron chi connectivity index (χ1n) is 15.9. The SMILES string of the molecule is CCCCCCCCCC(=O)O[C@H]1CC[C@@]2(C)C(=CC[C@@H]3C2CC[C@]2(C)C(c4cncc(C)c4)=CCC32)C1. The monoisotopic (exact) mass is 517 g/mol. The number of aromatic nitrogens is 1. The molecule has 1 aromatic rings. The van der Waals surface area contributed by atoms with Crippen molar-refractivity contribution < 1.29 is 9.53 Å². The Bertz CT molecular complexity index is 1060. The van der Waals surface area contributed by atoms with Gasteiger partial charge < -0.3 is 4.74 Å². The summed E-state index contributed by atoms with van der Waals surface area (Å²) >= 11 is 0. The van der Waals surface area contributed by atoms with Gasteiger partial charge in [0.2, 0.25) is 0 Å². The highest BCUT2D eigenvalue weighted by Gasteiger charge is 2.57. The van der Waals surface area contributed by atoms with Crippen LogP contribution in [0.1, 0.15) is 128 Å². The zero-order chi connectivity index (χ0) is 26.8. The summed E-state index contributed by atoms with van der Waals surface area (Å²) in [5, 5.41) is 0. The highest BCUT2D eigenvalue weighted by molar-refractivity contribution is 5.73. The smallest absolute Gasteiger partial charge is 0.306 e. The fraction of sp³-hybridized carbons (Fsp3) is 0.714. The van der Waals surface area contributed by atoms with Crippen molar-refractivity contribution in [2.75, 3.05) is 0 Å². The van der Waals surface area contributed by atoms with E-state index in [9.17, 15) is 4.79 Å². The summed E-state index contributed by atoms with van der Waals surface area (Å²) in [6, 6.07) is 2.33. The molecule has 0 bridgehead atoms. The van der Waals surface area contributed by atoms with Crippen LogP contribution in [-0.4, -0.2) is 17.1 Å². The molecular formula is C35H51NO2. The molecule has 6 atom stereocenters. The van der Waals surface area contributed by atoms with Gasteiger partial charge in [0.1, 0.15) is 6.10 Å². The normalized spacial score (nSPS) is 34.0. The lowest BCUT2D eigenvalue weighted by Crippen LogP contribution is -2.50. The summed E-state index contributed by atoms with van der Waals surface area (Å²) < 4.78 is 6.03. The van der Waals surface area contributed by atoms with E-state index in [2.05, 4.69) is 57.1 Å². The van der Waals surface area contributed by atoms with E-state index in [0.717, 1.165) is 43.4 Å². The Morgan fingerprint density at radius 2 is 1.71 bits per heavy atom. The number of pyridine rings is 1. The molecule has 3 heteroatoms. The third-order valence-electron chi connectivity index (χ3n) is 11.1. The Morgan fingerprint density at radius 3 is 2.50 bits per heavy atom. The number of allylic oxidation sites excluding steroid dienone is 3. The van der Waals surface area contributed by atoms with Crippen LogP contribution >= 0.6 is 0 Å². The summed E-state index contributed by atoms with van der Waals surface area (Å²) in [6.07, 6.45) is 26.7. The van der Waals surface area contributed by atoms with E-state index in [4.69, 9.17) is 4.74 Å². The van der Waals surface area contributed by atoms with Crippen molar-refractivity contribution in [1.29, 1.82) is 0 Å². The number of nitrogens with zero attached hydrogens (tertiary/aromatic N) is 1. The summed E-state index contributed by atoms with van der Waals surface area (Å²) in [5.41, 5.74) is 6.28. The van der Waals surface area contributed by atoms with Crippen molar-refractivity contribution in [1.82, 2.24) is 4.98 Å². The summed E-state index contributed by atoms with van der Waals surface area (Å²) in [5.74, 6) is 2.27. The second-order valence-electron chi connectivity index (χ2n) is 13.5. The van der Waals surface area contributed by atoms with Gasteiger partial charge in [0.15, 0.2) is 0 Å². The lowest BCUT2D eigenvalue weighted by Gasteiger charge is -2.57. The molecule has 0 saturated heterocycles. The van der Waals surface area contributed by atoms with Crippen LogP contribution in [0.15, 0.2) is 36.2 Å². The Balaban J connectivity index is 1.17. The van der Waals surface area contributed by atoms with Gasteiger partial charge in [0.05, 0.1) is 0 Å². The zero-order valence-electron chi connectivity index (χ0n) is 24.6. The number of aryl methyl sites for hydroxylation is 1. The largest absolute Gasteiger partial charge is 0.462 e. The van der Waals surface area contributed by atoms with Crippen LogP contribution in [-0.2, 0) is 9.53 Å². The van der Waals surface area contributed by atoms with Crippen molar-refractivity contribution >= 4 is 11.5 Å². The molecule has 208 valence electrons. The van der Waals surface area contributed by atoms with Crippen LogP contribution in [0.4, 0.5) is 0 Å². The number of hydrogen-bond acceptors (Lipinski definition) is 3. The number of carbonyl (C=O) groups is 1. The maximum atomic E-state index is 12.6. The second-order valence-corrected chi connectivity index (χ2v) is 13.5. The predicted octanol–water partition coefficient (Wildman–Crippen LogP) is 9.40. The first kappa shape index (κ1) is 27.7. The number of hydrogen-bond donors (Lipinski definition) is 0. The predicted molar refractivity (Wildman–Crippen MR) is 157 cm³/mol. The van der Waals surface area contributed by atoms with Gasteiger partial charge in [-0.25, -0.2) is 0 Å². The second kappa shape index (κ2) is 11.7. The highest BCUT2D eigenvalue weighted by atomic mass is 16.5. The van der Waals surface area contributed by atoms with Crippen LogP contribution in [0, 0.1) is 35.5 Å². The number of ether oxygens (including phenoxy) is 1. The van der Waals surface area contributed by atoms with Crippen molar-refractivity contribution in [3.8, 4) is 0 Å². The summed E-state index contributed by atoms with van der Waals surface area (Å²) in [4.78, 5) is 17.1. The van der Waals surface area contributed by atoms with E-state index >= 15 is 0 Å². The van der Waals surface area contributed by atoms with Crippen molar-refractivity contribution in [2.24, 2.45) is 28.6 Å². The quantitative estimate of drug-likeness (QED) is 0.176. The van der Waals surface area contributed by atoms with E-state index in [-0.39, 0.29) is 22.9 Å². The molecule has 1 heterocycles. The van der Waals surface area contributed by atoms with Gasteiger partial charge in [-0.3, -0.25) is 9.78 Å². The Labute approximate surface area is 231 Å². The molecule has 0 radical (unpaired) electrons. The molecule has 2 unspecified atom stereocenters. The molecule has 4 aliphatic carbocycles. The third kappa shape index (κ3) is 5.41. The molecule has 0 aliphatic heterocycles. The first-order valence-corrected chi connectivity index (χ1v) is 15.9. The van der Waals surface area contributed by atoms with Crippen LogP contribution in [0.2, 0.25) is 0 Å². The van der Waals surface area contributed by atoms with E-state index in [0.29, 0.717) is 6.42 Å². The van der Waals surface area contributed by atoms with Gasteiger partial charge in [-0.15, -0.1) is 0 Å². The van der Waals surface area contributed by atoms with Gasteiger partial charge in [-0.1, -0.05) is 77.0 Å². The molecule has 0 amide bonds. The molecule has 2 fully saturated rings. The van der Waals surface area contributed by atoms with Gasteiger partial charge >= 0.3 is 5.97 Å². The fourth-order valence-electron chi connectivity index (χ4n) is 8.92. The minimum Gasteiger partial charge on any atom is -0.462 e. The molecule has 38 heavy (non-hydrogen) atoms. The van der Waals surface area contributed by atoms with E-state index < -0.39 is 0 Å². The van der Waals surface area contributed by atoms with Crippen LogP contribution in [0.5, 0.6) is 0 Å². The van der Waals surface area contributed by atoms with Crippen LogP contribution < -0.4 is 0 Å². The summed E-state index contributed by atoms with van der Waals surface area (Å²) in [6.45, 7) is 9.49. The van der Waals surface area contributed by atoms with Gasteiger partial charge in [0.25, 0.3) is 0 Å². The third-order valence-corrected chi connectivity index (χ3v) is 11.1. The number of esters is 1. The Morgan fingerprint density at radius 1 is 0.947 bits per heavy atom. The van der Waals surface area contributed by atoms with E-state index in [1.54, 1.807) is 11.1 Å². The Kier molecular flexibility index (Phi) is 8.51. The van der Waals surface area contributed by atoms with Crippen molar-refractivity contribution in [3.63, 3.8) is 0 Å². The van der Waals surface area contributed by atoms with Crippen molar-refractivity contribution in [3.05, 3.63) is 47.3 Å². The number of carbonyl (C=O) groups excluding carboxylic acids is 1. The van der Waals surface area contributed by atoms with Gasteiger partial charge in [-0.2, -0.15) is 0 Å². The first-order chi connectivity index (χ1) is 18.3. The number of unbranched alkanes of at least 4 members (excludes halogenated alkanes) is 6. The molecular weight excluding hydrogens is 466 g/mol. The van der Waals surface area contributed by atoms with Gasteiger partial charge in [0, 0.05) is 25.2 Å². The zero-order valence-corrected chi connectivity index (χ0v) is 24.6. The Hall–Kier alpha value is -1.90. The number of rotatable bonds is 10. The minimum atomic E-state index is 0.0325. The van der Waals surface area contributed by atoms with Gasteiger partial charge in [-0.05, 0) is 103 Å². The van der Waals surface area contributed by atoms with E-state index in [1.807, 2.05) is 6.20 Å². The molecule has 2 saturated carbocycles. The lowest BCUT2D eigenvalue weighted by molar-refractivity contribution is -0.151. The number of fused-ring (bicyclic) bond motifs is 5. The topological polar surface area (TPSA) is 39.2 Å². The maximum absolute atomic E-state index is 12.6. The molecule has 4 aliphatic rings. The van der Waals surface area contributed by atoms with E-state index in [1.165, 1.54) is 75.3 Å². The molecule has 0 spiro atoms. The van der Waals surface area contributed by atoms with Crippen LogP contribution in [0.3, 0.4) is 0 Å². The standard InChI is InChI=1S/C35H51NO2/c1-5-6-7-8-9-10-11-12-33(37)38-28-17-19-34(3)27(22-28)13-14-29-31-16-15-30(26-21-25(2)23-36-24-26)35(31,4)20-18-32(29)34/h13,15,21,23-24,28-29,31-32H,5-12,14,16-20,22H2,1-4H3/t28-,29-,31?,32?,34-,35+/m0/s1. The summed E-state index contributed by atoms with van der Waals surface area (Å²) in [7, 11) is 0. The lowest BCUT2D eigenvalue weighted by atomic mass is 9.47. The molecule has 3 nitrogen and oxygen atoms in total. The fourth-order valence-corrected chi connectivity index (χ4v) is 8.92. The molecule has 0 N–H and O–H groups in total. The van der Waals surface area contributed by atoms with Crippen molar-refractivity contribution in [2.45, 2.75) is 130 Å².